The molecule has 0 aromatic rings. The number of unbranched alkanes of at least 4 members (excludes halogenated alkanes) is 8. The van der Waals surface area contributed by atoms with E-state index in [1.807, 2.05) is 0 Å². The van der Waals surface area contributed by atoms with Crippen molar-refractivity contribution in [3.8, 4) is 0 Å². The summed E-state index contributed by atoms with van der Waals surface area (Å²) >= 11 is 0. The van der Waals surface area contributed by atoms with Crippen LogP contribution in [0.2, 0.25) is 0 Å². The van der Waals surface area contributed by atoms with Gasteiger partial charge in [-0.25, -0.2) is 4.57 Å². The average Bonchev–Trinajstić information content (AvgIpc) is 3.25. The van der Waals surface area contributed by atoms with E-state index >= 15 is 0 Å². The molecule has 0 aromatic carbocycles. The van der Waals surface area contributed by atoms with E-state index in [-0.39, 0.29) is 6.42 Å². The zero-order chi connectivity index (χ0) is 46.0. The molecule has 362 valence electrons. The molecule has 1 saturated carbocycles. The zero-order valence-corrected chi connectivity index (χ0v) is 35.8. The molecular weight excluding hydrogens is 851 g/mol. The maximum atomic E-state index is 13.4. The van der Waals surface area contributed by atoms with E-state index in [4.69, 9.17) is 32.7 Å². The lowest BCUT2D eigenvalue weighted by molar-refractivity contribution is -0.360. The summed E-state index contributed by atoms with van der Waals surface area (Å²) in [7, 11) is -5.51. The third kappa shape index (κ3) is 16.7. The average molecular weight is 921 g/mol. The van der Waals surface area contributed by atoms with E-state index in [2.05, 4.69) is 31.2 Å². The first kappa shape index (κ1) is 54.8. The van der Waals surface area contributed by atoms with E-state index in [9.17, 15) is 75.5 Å². The first-order valence-corrected chi connectivity index (χ1v) is 22.7. The van der Waals surface area contributed by atoms with Gasteiger partial charge in [-0.1, -0.05) is 63.3 Å². The van der Waals surface area contributed by atoms with Crippen LogP contribution in [0.15, 0.2) is 24.3 Å². The molecule has 62 heavy (non-hydrogen) atoms. The summed E-state index contributed by atoms with van der Waals surface area (Å²) < 4.78 is 50.3. The fraction of sp³-hybridized carbons (Fsp3) is 0.872. The van der Waals surface area contributed by atoms with Gasteiger partial charge in [-0.2, -0.15) is 0 Å². The fourth-order valence-corrected chi connectivity index (χ4v) is 8.00. The second-order valence-electron chi connectivity index (χ2n) is 15.7. The molecule has 22 nitrogen and oxygen atoms in total. The Balaban J connectivity index is 1.58. The number of phosphoric ester groups is 1. The van der Waals surface area contributed by atoms with Crippen molar-refractivity contribution in [2.75, 3.05) is 26.4 Å². The highest BCUT2D eigenvalue weighted by atomic mass is 31.2. The highest BCUT2D eigenvalue weighted by Crippen LogP contribution is 2.48. The molecule has 0 spiro atoms. The Kier molecular flexibility index (Phi) is 24.5. The minimum Gasteiger partial charge on any atom is -0.463 e. The Morgan fingerprint density at radius 2 is 1.08 bits per heavy atom. The molecule has 2 saturated heterocycles. The molecule has 3 rings (SSSR count). The predicted molar refractivity (Wildman–Crippen MR) is 212 cm³/mol. The molecule has 0 aromatic heterocycles. The van der Waals surface area contributed by atoms with E-state index < -0.39 is 144 Å². The quantitative estimate of drug-likeness (QED) is 0.0178. The Hall–Kier alpha value is -1.58. The first-order chi connectivity index (χ1) is 29.5. The van der Waals surface area contributed by atoms with Crippen molar-refractivity contribution in [2.45, 2.75) is 188 Å². The second-order valence-corrected chi connectivity index (χ2v) is 17.1. The SMILES string of the molecule is CCCCC/C=C\C/C=C\CCCCCCCC(=O)OC[C@@H](O)COP(=O)(O)OC1C(O[C@@H]2OC(CO)[C@H](O)C(O)[C@@H]2O)C(O)C(O)C(O)[C@H]1O[C@H]1OC(CO)[C@@H](O)C(O)[C@H]1O. The number of hydrogen-bond donors (Lipinski definition) is 13. The van der Waals surface area contributed by atoms with Crippen molar-refractivity contribution < 1.29 is 108 Å². The smallest absolute Gasteiger partial charge is 0.463 e. The van der Waals surface area contributed by atoms with Crippen molar-refractivity contribution in [3.05, 3.63) is 24.3 Å². The van der Waals surface area contributed by atoms with Crippen LogP contribution in [0, 0.1) is 0 Å². The van der Waals surface area contributed by atoms with Crippen molar-refractivity contribution in [1.82, 2.24) is 0 Å². The van der Waals surface area contributed by atoms with Crippen LogP contribution in [0.3, 0.4) is 0 Å². The number of carbonyl (C=O) groups excluding carboxylic acids is 1. The predicted octanol–water partition coefficient (Wildman–Crippen LogP) is -2.33. The molecule has 18 atom stereocenters. The van der Waals surface area contributed by atoms with E-state index in [1.54, 1.807) is 0 Å². The van der Waals surface area contributed by atoms with Gasteiger partial charge in [-0.3, -0.25) is 13.8 Å². The third-order valence-electron chi connectivity index (χ3n) is 10.8. The molecule has 0 radical (unpaired) electrons. The van der Waals surface area contributed by atoms with Crippen LogP contribution in [-0.2, 0) is 42.1 Å². The first-order valence-electron chi connectivity index (χ1n) is 21.2. The van der Waals surface area contributed by atoms with Gasteiger partial charge < -0.3 is 89.9 Å². The number of phosphoric acid groups is 1. The third-order valence-corrected chi connectivity index (χ3v) is 11.7. The van der Waals surface area contributed by atoms with Gasteiger partial charge in [0.15, 0.2) is 12.6 Å². The molecule has 1 aliphatic carbocycles. The van der Waals surface area contributed by atoms with Gasteiger partial charge in [0, 0.05) is 6.42 Å². The lowest BCUT2D eigenvalue weighted by Gasteiger charge is -2.49. The summed E-state index contributed by atoms with van der Waals surface area (Å²) in [6, 6.07) is 0. The van der Waals surface area contributed by atoms with E-state index in [0.717, 1.165) is 44.9 Å². The molecule has 13 N–H and O–H groups in total. The minimum absolute atomic E-state index is 0.0591. The molecule has 0 bridgehead atoms. The monoisotopic (exact) mass is 920 g/mol. The van der Waals surface area contributed by atoms with Gasteiger partial charge in [0.1, 0.15) is 98.2 Å². The Bertz CT molecular complexity index is 1320. The Labute approximate surface area is 360 Å². The highest BCUT2D eigenvalue weighted by Gasteiger charge is 2.58. The minimum atomic E-state index is -5.51. The lowest BCUT2D eigenvalue weighted by atomic mass is 9.84. The van der Waals surface area contributed by atoms with Crippen LogP contribution >= 0.6 is 7.82 Å². The molecule has 3 fully saturated rings. The lowest BCUT2D eigenvalue weighted by Crippen LogP contribution is -2.69. The number of allylic oxidation sites excluding steroid dienone is 4. The maximum absolute atomic E-state index is 13.4. The standard InChI is InChI=1S/C39H69O22P/c1-2-3-4-5-6-7-8-9-10-11-12-13-14-15-16-17-25(43)55-20-22(42)21-56-62(53,54)61-37-35(59-38-33(51)28(46)26(44)23(18-40)57-38)31(49)30(48)32(50)36(37)60-39-34(52)29(47)27(45)24(19-41)58-39/h6-7,9-10,22-24,26-42,44-52H,2-5,8,11-21H2,1H3,(H,53,54)/b7-6-,10-9-/t22-,23?,24?,26-,27+,28?,29?,30?,31?,32?,33-,34+,35-,36?,37?,38-,39+/m1/s1. The van der Waals surface area contributed by atoms with Crippen LogP contribution in [-0.4, -0.2) is 203 Å². The van der Waals surface area contributed by atoms with Crippen molar-refractivity contribution >= 4 is 13.8 Å². The van der Waals surface area contributed by atoms with Crippen LogP contribution in [0.25, 0.3) is 0 Å². The number of rotatable bonds is 27. The van der Waals surface area contributed by atoms with Gasteiger partial charge in [-0.05, 0) is 38.5 Å². The maximum Gasteiger partial charge on any atom is 0.472 e. The van der Waals surface area contributed by atoms with Crippen molar-refractivity contribution in [1.29, 1.82) is 0 Å². The summed E-state index contributed by atoms with van der Waals surface area (Å²) in [4.78, 5) is 23.1. The topological polar surface area (TPSA) is 362 Å². The molecule has 23 heteroatoms. The van der Waals surface area contributed by atoms with Crippen molar-refractivity contribution in [2.24, 2.45) is 0 Å². The molecule has 3 aliphatic rings. The summed E-state index contributed by atoms with van der Waals surface area (Å²) in [5.41, 5.74) is 0. The van der Waals surface area contributed by atoms with Gasteiger partial charge in [0.25, 0.3) is 0 Å². The van der Waals surface area contributed by atoms with Crippen LogP contribution in [0.5, 0.6) is 0 Å². The molecule has 2 aliphatic heterocycles. The van der Waals surface area contributed by atoms with E-state index in [1.165, 1.54) is 19.3 Å². The number of esters is 1. The molecule has 0 amide bonds. The highest BCUT2D eigenvalue weighted by molar-refractivity contribution is 7.47. The number of ether oxygens (including phenoxy) is 5. The fourth-order valence-electron chi connectivity index (χ4n) is 7.03. The summed E-state index contributed by atoms with van der Waals surface area (Å²) in [6.45, 7) is -1.31. The molecule has 10 unspecified atom stereocenters. The van der Waals surface area contributed by atoms with Gasteiger partial charge >= 0.3 is 13.8 Å². The van der Waals surface area contributed by atoms with Gasteiger partial charge in [-0.15, -0.1) is 0 Å². The van der Waals surface area contributed by atoms with Crippen molar-refractivity contribution in [3.63, 3.8) is 0 Å². The summed E-state index contributed by atoms with van der Waals surface area (Å²) in [5, 5.41) is 125. The van der Waals surface area contributed by atoms with Crippen LogP contribution < -0.4 is 0 Å². The normalized spacial score (nSPS) is 37.1. The van der Waals surface area contributed by atoms with Crippen LogP contribution in [0.1, 0.15) is 84.0 Å². The summed E-state index contributed by atoms with van der Waals surface area (Å²) in [6.07, 6.45) is -14.9. The molecule has 2 heterocycles. The van der Waals surface area contributed by atoms with Crippen LogP contribution in [0.4, 0.5) is 0 Å². The number of aliphatic hydroxyl groups excluding tert-OH is 12. The Morgan fingerprint density at radius 3 is 1.58 bits per heavy atom. The largest absolute Gasteiger partial charge is 0.472 e. The number of aliphatic hydroxyl groups is 12. The number of hydrogen-bond acceptors (Lipinski definition) is 21. The van der Waals surface area contributed by atoms with Gasteiger partial charge in [0.2, 0.25) is 0 Å². The second kappa shape index (κ2) is 27.8. The number of carbonyl (C=O) groups is 1. The Morgan fingerprint density at radius 1 is 0.613 bits per heavy atom. The molecular formula is C39H69O22P. The zero-order valence-electron chi connectivity index (χ0n) is 34.9. The van der Waals surface area contributed by atoms with Gasteiger partial charge in [0.05, 0.1) is 19.8 Å². The van der Waals surface area contributed by atoms with E-state index in [0.29, 0.717) is 6.42 Å². The summed E-state index contributed by atoms with van der Waals surface area (Å²) in [5.74, 6) is -0.636.